The lowest BCUT2D eigenvalue weighted by Crippen LogP contribution is -2.32. The summed E-state index contributed by atoms with van der Waals surface area (Å²) in [7, 11) is 0. The molecule has 4 heteroatoms. The normalized spacial score (nSPS) is 18.8. The van der Waals surface area contributed by atoms with Crippen LogP contribution in [-0.2, 0) is 13.0 Å². The van der Waals surface area contributed by atoms with E-state index in [0.29, 0.717) is 5.92 Å². The van der Waals surface area contributed by atoms with Gasteiger partial charge in [0.2, 0.25) is 0 Å². The van der Waals surface area contributed by atoms with Gasteiger partial charge in [0.15, 0.2) is 0 Å². The smallest absolute Gasteiger partial charge is 0.122 e. The molecule has 0 amide bonds. The van der Waals surface area contributed by atoms with Crippen LogP contribution in [0.1, 0.15) is 42.5 Å². The summed E-state index contributed by atoms with van der Waals surface area (Å²) in [5.74, 6) is 0.714. The first-order chi connectivity index (χ1) is 7.56. The van der Waals surface area contributed by atoms with E-state index in [0.717, 1.165) is 31.1 Å². The van der Waals surface area contributed by atoms with E-state index in [4.69, 9.17) is 0 Å². The van der Waals surface area contributed by atoms with Gasteiger partial charge in [-0.15, -0.1) is 11.3 Å². The molecule has 1 aliphatic heterocycles. The molecule has 0 saturated heterocycles. The Morgan fingerprint density at radius 3 is 2.81 bits per heavy atom. The molecule has 2 heterocycles. The zero-order valence-electron chi connectivity index (χ0n) is 10.2. The number of fused-ring (bicyclic) bond motifs is 1. The van der Waals surface area contributed by atoms with Crippen LogP contribution < -0.4 is 0 Å². The third-order valence-corrected chi connectivity index (χ3v) is 4.06. The van der Waals surface area contributed by atoms with Gasteiger partial charge in [0.1, 0.15) is 11.1 Å². The molecular weight excluding hydrogens is 220 g/mol. The van der Waals surface area contributed by atoms with Gasteiger partial charge in [-0.2, -0.15) is 0 Å². The second kappa shape index (κ2) is 4.82. The Labute approximate surface area is 101 Å². The minimum atomic E-state index is -0.422. The van der Waals surface area contributed by atoms with Crippen LogP contribution in [0.25, 0.3) is 0 Å². The summed E-state index contributed by atoms with van der Waals surface area (Å²) in [6.07, 6.45) is 0.611. The number of aliphatic hydroxyl groups excluding tert-OH is 1. The van der Waals surface area contributed by atoms with Crippen molar-refractivity contribution in [2.75, 3.05) is 13.1 Å². The third-order valence-electron chi connectivity index (χ3n) is 2.81. The van der Waals surface area contributed by atoms with Crippen LogP contribution in [0.2, 0.25) is 0 Å². The van der Waals surface area contributed by atoms with Crippen molar-refractivity contribution in [3.63, 3.8) is 0 Å². The third kappa shape index (κ3) is 2.62. The Bertz CT molecular complexity index is 360. The van der Waals surface area contributed by atoms with Crippen molar-refractivity contribution in [3.8, 4) is 0 Å². The first-order valence-electron chi connectivity index (χ1n) is 5.95. The quantitative estimate of drug-likeness (QED) is 0.880. The number of hydrogen-bond acceptors (Lipinski definition) is 4. The van der Waals surface area contributed by atoms with E-state index in [9.17, 15) is 5.11 Å². The highest BCUT2D eigenvalue weighted by molar-refractivity contribution is 7.11. The molecule has 0 saturated carbocycles. The zero-order chi connectivity index (χ0) is 11.7. The summed E-state index contributed by atoms with van der Waals surface area (Å²) in [6.45, 7) is 9.57. The molecule has 1 atom stereocenters. The molecule has 90 valence electrons. The Balaban J connectivity index is 2.08. The number of aromatic nitrogens is 1. The van der Waals surface area contributed by atoms with Gasteiger partial charge in [0.05, 0.1) is 5.69 Å². The Morgan fingerprint density at radius 1 is 1.44 bits per heavy atom. The maximum absolute atomic E-state index is 9.52. The van der Waals surface area contributed by atoms with Crippen molar-refractivity contribution in [3.05, 3.63) is 15.6 Å². The highest BCUT2D eigenvalue weighted by Crippen LogP contribution is 2.28. The molecule has 0 spiro atoms. The van der Waals surface area contributed by atoms with Crippen LogP contribution in [0, 0.1) is 5.92 Å². The summed E-state index contributed by atoms with van der Waals surface area (Å²) in [5, 5.41) is 10.4. The van der Waals surface area contributed by atoms with Crippen molar-refractivity contribution in [1.82, 2.24) is 9.88 Å². The standard InChI is InChI=1S/C12H20N2OS/c1-8(2)6-14-5-4-10-11(7-14)16-12(13-10)9(3)15/h8-9,15H,4-7H2,1-3H3. The number of aliphatic hydroxyl groups is 1. The van der Waals surface area contributed by atoms with E-state index < -0.39 is 6.10 Å². The molecule has 0 bridgehead atoms. The summed E-state index contributed by atoms with van der Waals surface area (Å²) >= 11 is 1.67. The van der Waals surface area contributed by atoms with Crippen molar-refractivity contribution in [2.24, 2.45) is 5.92 Å². The minimum absolute atomic E-state index is 0.422. The molecular formula is C12H20N2OS. The van der Waals surface area contributed by atoms with Gasteiger partial charge in [0, 0.05) is 30.9 Å². The van der Waals surface area contributed by atoms with Crippen molar-refractivity contribution in [2.45, 2.75) is 39.8 Å². The Kier molecular flexibility index (Phi) is 3.62. The van der Waals surface area contributed by atoms with Gasteiger partial charge in [-0.05, 0) is 12.8 Å². The van der Waals surface area contributed by atoms with Crippen molar-refractivity contribution >= 4 is 11.3 Å². The maximum Gasteiger partial charge on any atom is 0.122 e. The second-order valence-electron chi connectivity index (χ2n) is 4.98. The van der Waals surface area contributed by atoms with E-state index in [1.807, 2.05) is 0 Å². The predicted octanol–water partition coefficient (Wildman–Crippen LogP) is 2.21. The number of rotatable bonds is 3. The van der Waals surface area contributed by atoms with E-state index in [1.54, 1.807) is 18.3 Å². The summed E-state index contributed by atoms with van der Waals surface area (Å²) in [4.78, 5) is 8.34. The first-order valence-corrected chi connectivity index (χ1v) is 6.76. The molecule has 2 rings (SSSR count). The van der Waals surface area contributed by atoms with Gasteiger partial charge in [0.25, 0.3) is 0 Å². The van der Waals surface area contributed by atoms with Gasteiger partial charge < -0.3 is 5.11 Å². The SMILES string of the molecule is CC(C)CN1CCc2nc(C(C)O)sc2C1. The molecule has 0 aliphatic carbocycles. The largest absolute Gasteiger partial charge is 0.386 e. The van der Waals surface area contributed by atoms with Gasteiger partial charge in [-0.3, -0.25) is 4.90 Å². The molecule has 1 aliphatic rings. The number of hydrogen-bond donors (Lipinski definition) is 1. The van der Waals surface area contributed by atoms with Crippen LogP contribution >= 0.6 is 11.3 Å². The maximum atomic E-state index is 9.52. The fraction of sp³-hybridized carbons (Fsp3) is 0.750. The number of thiazole rings is 1. The average Bonchev–Trinajstić information content (AvgIpc) is 2.59. The average molecular weight is 240 g/mol. The van der Waals surface area contributed by atoms with Crippen molar-refractivity contribution in [1.29, 1.82) is 0 Å². The molecule has 0 fully saturated rings. The van der Waals surface area contributed by atoms with Gasteiger partial charge >= 0.3 is 0 Å². The Hall–Kier alpha value is -0.450. The summed E-state index contributed by atoms with van der Waals surface area (Å²) in [5.41, 5.74) is 1.21. The zero-order valence-corrected chi connectivity index (χ0v) is 11.0. The highest BCUT2D eigenvalue weighted by Gasteiger charge is 2.22. The first kappa shape index (κ1) is 12.0. The fourth-order valence-electron chi connectivity index (χ4n) is 2.12. The predicted molar refractivity (Wildman–Crippen MR) is 66.6 cm³/mol. The van der Waals surface area contributed by atoms with E-state index in [-0.39, 0.29) is 0 Å². The van der Waals surface area contributed by atoms with E-state index >= 15 is 0 Å². The van der Waals surface area contributed by atoms with Crippen molar-refractivity contribution < 1.29 is 5.11 Å². The van der Waals surface area contributed by atoms with E-state index in [1.165, 1.54) is 10.6 Å². The lowest BCUT2D eigenvalue weighted by atomic mass is 10.1. The van der Waals surface area contributed by atoms with Gasteiger partial charge in [-0.25, -0.2) is 4.98 Å². The minimum Gasteiger partial charge on any atom is -0.386 e. The molecule has 0 aromatic carbocycles. The number of nitrogens with zero attached hydrogens (tertiary/aromatic N) is 2. The van der Waals surface area contributed by atoms with Crippen LogP contribution in [0.4, 0.5) is 0 Å². The fourth-order valence-corrected chi connectivity index (χ4v) is 3.21. The lowest BCUT2D eigenvalue weighted by Gasteiger charge is -2.27. The molecule has 3 nitrogen and oxygen atoms in total. The monoisotopic (exact) mass is 240 g/mol. The van der Waals surface area contributed by atoms with Crippen LogP contribution in [-0.4, -0.2) is 28.1 Å². The molecule has 1 unspecified atom stereocenters. The highest BCUT2D eigenvalue weighted by atomic mass is 32.1. The molecule has 16 heavy (non-hydrogen) atoms. The van der Waals surface area contributed by atoms with E-state index in [2.05, 4.69) is 23.7 Å². The van der Waals surface area contributed by atoms with Gasteiger partial charge in [-0.1, -0.05) is 13.8 Å². The topological polar surface area (TPSA) is 36.4 Å². The summed E-state index contributed by atoms with van der Waals surface area (Å²) in [6, 6.07) is 0. The molecule has 1 aromatic heterocycles. The van der Waals surface area contributed by atoms with Crippen LogP contribution in [0.5, 0.6) is 0 Å². The summed E-state index contributed by atoms with van der Waals surface area (Å²) < 4.78 is 0. The van der Waals surface area contributed by atoms with Crippen LogP contribution in [0.15, 0.2) is 0 Å². The Morgan fingerprint density at radius 2 is 2.19 bits per heavy atom. The second-order valence-corrected chi connectivity index (χ2v) is 6.09. The molecule has 0 radical (unpaired) electrons. The lowest BCUT2D eigenvalue weighted by molar-refractivity contribution is 0.198. The van der Waals surface area contributed by atoms with Crippen LogP contribution in [0.3, 0.4) is 0 Å². The molecule has 1 aromatic rings. The molecule has 1 N–H and O–H groups in total.